The molecule has 1 aromatic carbocycles. The highest BCUT2D eigenvalue weighted by Gasteiger charge is 2.24. The van der Waals surface area contributed by atoms with Crippen LogP contribution in [0.15, 0.2) is 36.9 Å². The van der Waals surface area contributed by atoms with Crippen LogP contribution >= 0.6 is 0 Å². The molecule has 0 bridgehead atoms. The molecular weight excluding hydrogens is 330 g/mol. The molecule has 5 nitrogen and oxygen atoms in total. The summed E-state index contributed by atoms with van der Waals surface area (Å²) in [7, 11) is 0. The minimum Gasteiger partial charge on any atom is -0.488 e. The minimum atomic E-state index is -0.745. The lowest BCUT2D eigenvalue weighted by Gasteiger charge is -2.26. The Morgan fingerprint density at radius 2 is 1.73 bits per heavy atom. The van der Waals surface area contributed by atoms with Crippen molar-refractivity contribution in [1.82, 2.24) is 5.32 Å². The Labute approximate surface area is 157 Å². The molecule has 0 radical (unpaired) electrons. The summed E-state index contributed by atoms with van der Waals surface area (Å²) < 4.78 is 11.1. The number of rotatable bonds is 7. The van der Waals surface area contributed by atoms with Gasteiger partial charge in [0.05, 0.1) is 12.1 Å². The van der Waals surface area contributed by atoms with Crippen molar-refractivity contribution in [2.24, 2.45) is 0 Å². The van der Waals surface area contributed by atoms with Gasteiger partial charge in [0.1, 0.15) is 17.0 Å². The summed E-state index contributed by atoms with van der Waals surface area (Å²) >= 11 is 0. The topological polar surface area (TPSA) is 67.8 Å². The van der Waals surface area contributed by atoms with Gasteiger partial charge in [0.2, 0.25) is 0 Å². The number of aliphatic hydroxyl groups excluding tert-OH is 1. The van der Waals surface area contributed by atoms with E-state index >= 15 is 0 Å². The molecule has 0 spiro atoms. The minimum absolute atomic E-state index is 0.261. The van der Waals surface area contributed by atoms with E-state index in [4.69, 9.17) is 9.47 Å². The second-order valence-electron chi connectivity index (χ2n) is 8.41. The van der Waals surface area contributed by atoms with Gasteiger partial charge < -0.3 is 19.9 Å². The fourth-order valence-corrected chi connectivity index (χ4v) is 2.38. The van der Waals surface area contributed by atoms with Crippen molar-refractivity contribution < 1.29 is 19.4 Å². The maximum atomic E-state index is 12.1. The second-order valence-corrected chi connectivity index (χ2v) is 8.41. The molecule has 0 aliphatic rings. The average Bonchev–Trinajstić information content (AvgIpc) is 2.45. The number of hydrogen-bond donors (Lipinski definition) is 2. The molecule has 2 atom stereocenters. The molecule has 0 aromatic heterocycles. The molecule has 1 rings (SSSR count). The van der Waals surface area contributed by atoms with Crippen LogP contribution in [0.2, 0.25) is 0 Å². The number of carbonyl (C=O) groups is 1. The molecule has 0 aliphatic heterocycles. The molecular formula is C21H33NO4. The van der Waals surface area contributed by atoms with Crippen LogP contribution in [0.4, 0.5) is 4.79 Å². The van der Waals surface area contributed by atoms with Crippen molar-refractivity contribution in [3.05, 3.63) is 42.5 Å². The van der Waals surface area contributed by atoms with Crippen molar-refractivity contribution in [3.8, 4) is 5.75 Å². The van der Waals surface area contributed by atoms with Crippen LogP contribution < -0.4 is 10.1 Å². The molecule has 1 amide bonds. The second kappa shape index (κ2) is 9.08. The number of ether oxygens (including phenoxy) is 2. The normalized spacial score (nSPS) is 14.3. The van der Waals surface area contributed by atoms with Crippen molar-refractivity contribution >= 4 is 6.09 Å². The van der Waals surface area contributed by atoms with Crippen LogP contribution in [-0.4, -0.2) is 34.5 Å². The van der Waals surface area contributed by atoms with Crippen LogP contribution in [0.5, 0.6) is 5.75 Å². The van der Waals surface area contributed by atoms with Crippen molar-refractivity contribution in [2.45, 2.75) is 77.7 Å². The number of nitrogens with one attached hydrogen (secondary N) is 1. The fraction of sp³-hybridized carbons (Fsp3) is 0.571. The standard InChI is InChI=1S/C21H33NO4/c1-8-9-18(23)17(22-19(24)26-21(5,6)7)14-15-10-12-16(13-11-15)25-20(2,3)4/h8,10-13,17-18,23H,1,9,14H2,2-7H3,(H,22,24)/t17-,18-/m0/s1. The zero-order valence-corrected chi connectivity index (χ0v) is 16.8. The van der Waals surface area contributed by atoms with Gasteiger partial charge in [-0.15, -0.1) is 6.58 Å². The van der Waals surface area contributed by atoms with E-state index in [2.05, 4.69) is 11.9 Å². The van der Waals surface area contributed by atoms with Crippen molar-refractivity contribution in [2.75, 3.05) is 0 Å². The van der Waals surface area contributed by atoms with Crippen molar-refractivity contribution in [1.29, 1.82) is 0 Å². The lowest BCUT2D eigenvalue weighted by atomic mass is 9.99. The SMILES string of the molecule is C=CC[C@H](O)[C@H](Cc1ccc(OC(C)(C)C)cc1)NC(=O)OC(C)(C)C. The van der Waals surface area contributed by atoms with E-state index in [9.17, 15) is 9.90 Å². The smallest absolute Gasteiger partial charge is 0.407 e. The van der Waals surface area contributed by atoms with Crippen LogP contribution in [0.1, 0.15) is 53.5 Å². The van der Waals surface area contributed by atoms with Crippen LogP contribution in [-0.2, 0) is 11.2 Å². The monoisotopic (exact) mass is 363 g/mol. The Balaban J connectivity index is 2.82. The summed E-state index contributed by atoms with van der Waals surface area (Å²) in [6.45, 7) is 15.0. The van der Waals surface area contributed by atoms with Gasteiger partial charge in [-0.05, 0) is 72.1 Å². The summed E-state index contributed by atoms with van der Waals surface area (Å²) in [5, 5.41) is 13.1. The maximum absolute atomic E-state index is 12.1. The zero-order valence-electron chi connectivity index (χ0n) is 16.8. The lowest BCUT2D eigenvalue weighted by Crippen LogP contribution is -2.46. The van der Waals surface area contributed by atoms with Crippen molar-refractivity contribution in [3.63, 3.8) is 0 Å². The first kappa shape index (κ1) is 22.0. The molecule has 0 aliphatic carbocycles. The number of aliphatic hydroxyl groups is 1. The first-order valence-corrected chi connectivity index (χ1v) is 8.96. The lowest BCUT2D eigenvalue weighted by molar-refractivity contribution is 0.0425. The quantitative estimate of drug-likeness (QED) is 0.711. The number of benzene rings is 1. The highest BCUT2D eigenvalue weighted by atomic mass is 16.6. The number of amides is 1. The Morgan fingerprint density at radius 3 is 2.19 bits per heavy atom. The van der Waals surface area contributed by atoms with E-state index in [1.54, 1.807) is 26.8 Å². The Hall–Kier alpha value is -2.01. The first-order chi connectivity index (χ1) is 11.9. The molecule has 1 aromatic rings. The highest BCUT2D eigenvalue weighted by Crippen LogP contribution is 2.20. The number of alkyl carbamates (subject to hydrolysis) is 1. The van der Waals surface area contributed by atoms with Gasteiger partial charge in [-0.3, -0.25) is 0 Å². The molecule has 0 saturated heterocycles. The Kier molecular flexibility index (Phi) is 7.69. The third-order valence-corrected chi connectivity index (χ3v) is 3.38. The third-order valence-electron chi connectivity index (χ3n) is 3.38. The van der Waals surface area contributed by atoms with E-state index < -0.39 is 23.8 Å². The van der Waals surface area contributed by atoms with Gasteiger partial charge in [-0.2, -0.15) is 0 Å². The summed E-state index contributed by atoms with van der Waals surface area (Å²) in [4.78, 5) is 12.1. The van der Waals surface area contributed by atoms with E-state index in [1.807, 2.05) is 45.0 Å². The summed E-state index contributed by atoms with van der Waals surface area (Å²) in [5.41, 5.74) is 0.127. The largest absolute Gasteiger partial charge is 0.488 e. The maximum Gasteiger partial charge on any atom is 0.407 e. The average molecular weight is 363 g/mol. The van der Waals surface area contributed by atoms with Gasteiger partial charge >= 0.3 is 6.09 Å². The van der Waals surface area contributed by atoms with Gasteiger partial charge in [0, 0.05) is 0 Å². The predicted octanol–water partition coefficient (Wildman–Crippen LogP) is 4.24. The van der Waals surface area contributed by atoms with Crippen LogP contribution in [0.3, 0.4) is 0 Å². The third kappa shape index (κ3) is 8.90. The predicted molar refractivity (Wildman–Crippen MR) is 105 cm³/mol. The summed E-state index contributed by atoms with van der Waals surface area (Å²) in [6.07, 6.45) is 1.20. The Bertz CT molecular complexity index is 582. The van der Waals surface area contributed by atoms with Gasteiger partial charge in [-0.1, -0.05) is 18.2 Å². The molecule has 5 heteroatoms. The first-order valence-electron chi connectivity index (χ1n) is 8.96. The van der Waals surface area contributed by atoms with E-state index in [1.165, 1.54) is 0 Å². The van der Waals surface area contributed by atoms with E-state index in [0.717, 1.165) is 11.3 Å². The molecule has 146 valence electrons. The summed E-state index contributed by atoms with van der Waals surface area (Å²) in [5.74, 6) is 0.782. The summed E-state index contributed by atoms with van der Waals surface area (Å²) in [6, 6.07) is 7.18. The van der Waals surface area contributed by atoms with Gasteiger partial charge in [0.25, 0.3) is 0 Å². The van der Waals surface area contributed by atoms with E-state index in [-0.39, 0.29) is 5.60 Å². The van der Waals surface area contributed by atoms with Crippen LogP contribution in [0.25, 0.3) is 0 Å². The van der Waals surface area contributed by atoms with Gasteiger partial charge in [0.15, 0.2) is 0 Å². The number of hydrogen-bond acceptors (Lipinski definition) is 4. The Morgan fingerprint density at radius 1 is 1.15 bits per heavy atom. The number of carbonyl (C=O) groups excluding carboxylic acids is 1. The molecule has 26 heavy (non-hydrogen) atoms. The van der Waals surface area contributed by atoms with Crippen LogP contribution in [0, 0.1) is 0 Å². The zero-order chi connectivity index (χ0) is 20.0. The molecule has 0 heterocycles. The van der Waals surface area contributed by atoms with Gasteiger partial charge in [-0.25, -0.2) is 4.79 Å². The highest BCUT2D eigenvalue weighted by molar-refractivity contribution is 5.68. The molecule has 0 unspecified atom stereocenters. The van der Waals surface area contributed by atoms with E-state index in [0.29, 0.717) is 12.8 Å². The molecule has 0 fully saturated rings. The molecule has 0 saturated carbocycles. The fourth-order valence-electron chi connectivity index (χ4n) is 2.38. The molecule has 2 N–H and O–H groups in total.